The van der Waals surface area contributed by atoms with E-state index in [1.807, 2.05) is 13.8 Å². The van der Waals surface area contributed by atoms with Crippen molar-refractivity contribution in [3.8, 4) is 0 Å². The van der Waals surface area contributed by atoms with Crippen LogP contribution in [0.1, 0.15) is 31.4 Å². The Labute approximate surface area is 108 Å². The molecular formula is C13H23NO2S. The van der Waals surface area contributed by atoms with Gasteiger partial charge in [-0.3, -0.25) is 0 Å². The molecule has 0 aliphatic carbocycles. The molecule has 0 aliphatic heterocycles. The molecule has 17 heavy (non-hydrogen) atoms. The van der Waals surface area contributed by atoms with Crippen molar-refractivity contribution in [1.29, 1.82) is 0 Å². The first-order chi connectivity index (χ1) is 8.27. The topological polar surface area (TPSA) is 30.5 Å². The molecule has 0 aromatic carbocycles. The number of ether oxygens (including phenoxy) is 2. The van der Waals surface area contributed by atoms with Crippen LogP contribution in [-0.2, 0) is 16.0 Å². The molecule has 3 nitrogen and oxygen atoms in total. The van der Waals surface area contributed by atoms with E-state index in [1.54, 1.807) is 11.3 Å². The molecule has 0 radical (unpaired) electrons. The van der Waals surface area contributed by atoms with Crippen molar-refractivity contribution >= 4 is 11.3 Å². The summed E-state index contributed by atoms with van der Waals surface area (Å²) in [5, 5.41) is 7.80. The van der Waals surface area contributed by atoms with Gasteiger partial charge in [0.15, 0.2) is 6.29 Å². The second kappa shape index (κ2) is 8.64. The van der Waals surface area contributed by atoms with Gasteiger partial charge in [-0.15, -0.1) is 0 Å². The lowest BCUT2D eigenvalue weighted by Crippen LogP contribution is -2.24. The standard InChI is InChI=1S/C13H23NO2S/c1-4-15-13(16-5-2)6-7-14-8-12-10-17-9-11(12)3/h9-10,13-14H,4-8H2,1-3H3. The molecular weight excluding hydrogens is 234 g/mol. The molecule has 4 heteroatoms. The Hall–Kier alpha value is -0.420. The van der Waals surface area contributed by atoms with Gasteiger partial charge in [0.2, 0.25) is 0 Å². The van der Waals surface area contributed by atoms with Crippen LogP contribution < -0.4 is 5.32 Å². The fourth-order valence-electron chi connectivity index (χ4n) is 1.60. The molecule has 0 unspecified atom stereocenters. The average Bonchev–Trinajstić information content (AvgIpc) is 2.71. The minimum atomic E-state index is -0.0685. The zero-order chi connectivity index (χ0) is 12.5. The predicted molar refractivity (Wildman–Crippen MR) is 72.4 cm³/mol. The zero-order valence-electron chi connectivity index (χ0n) is 11.0. The van der Waals surface area contributed by atoms with Crippen molar-refractivity contribution in [3.63, 3.8) is 0 Å². The van der Waals surface area contributed by atoms with Crippen LogP contribution in [0.5, 0.6) is 0 Å². The molecule has 98 valence electrons. The van der Waals surface area contributed by atoms with Gasteiger partial charge in [-0.1, -0.05) is 0 Å². The maximum atomic E-state index is 5.48. The Morgan fingerprint density at radius 2 is 1.94 bits per heavy atom. The van der Waals surface area contributed by atoms with Gasteiger partial charge in [-0.25, -0.2) is 0 Å². The van der Waals surface area contributed by atoms with Crippen LogP contribution in [0, 0.1) is 6.92 Å². The van der Waals surface area contributed by atoms with Crippen LogP contribution >= 0.6 is 11.3 Å². The normalized spacial score (nSPS) is 11.3. The first-order valence-corrected chi connectivity index (χ1v) is 7.17. The Bertz CT molecular complexity index is 295. The summed E-state index contributed by atoms with van der Waals surface area (Å²) in [6.07, 6.45) is 0.825. The average molecular weight is 257 g/mol. The molecule has 1 aromatic rings. The lowest BCUT2D eigenvalue weighted by molar-refractivity contribution is -0.138. The molecule has 1 aromatic heterocycles. The maximum Gasteiger partial charge on any atom is 0.158 e. The minimum Gasteiger partial charge on any atom is -0.353 e. The van der Waals surface area contributed by atoms with E-state index in [-0.39, 0.29) is 6.29 Å². The van der Waals surface area contributed by atoms with Gasteiger partial charge in [0.25, 0.3) is 0 Å². The number of aryl methyl sites for hydroxylation is 1. The van der Waals surface area contributed by atoms with E-state index >= 15 is 0 Å². The summed E-state index contributed by atoms with van der Waals surface area (Å²) in [6, 6.07) is 0. The molecule has 0 spiro atoms. The van der Waals surface area contributed by atoms with Crippen molar-refractivity contribution in [3.05, 3.63) is 21.9 Å². The highest BCUT2D eigenvalue weighted by Crippen LogP contribution is 2.13. The van der Waals surface area contributed by atoms with Crippen LogP contribution in [0.3, 0.4) is 0 Å². The fourth-order valence-corrected chi connectivity index (χ4v) is 2.45. The van der Waals surface area contributed by atoms with Gasteiger partial charge < -0.3 is 14.8 Å². The van der Waals surface area contributed by atoms with Gasteiger partial charge in [0.1, 0.15) is 0 Å². The van der Waals surface area contributed by atoms with Gasteiger partial charge in [0, 0.05) is 32.7 Å². The smallest absolute Gasteiger partial charge is 0.158 e. The number of hydrogen-bond donors (Lipinski definition) is 1. The van der Waals surface area contributed by atoms with E-state index in [0.29, 0.717) is 13.2 Å². The third-order valence-electron chi connectivity index (χ3n) is 2.54. The van der Waals surface area contributed by atoms with Crippen LogP contribution in [0.2, 0.25) is 0 Å². The van der Waals surface area contributed by atoms with E-state index in [0.717, 1.165) is 19.5 Å². The highest BCUT2D eigenvalue weighted by atomic mass is 32.1. The van der Waals surface area contributed by atoms with E-state index < -0.39 is 0 Å². The van der Waals surface area contributed by atoms with Crippen molar-refractivity contribution in [2.24, 2.45) is 0 Å². The van der Waals surface area contributed by atoms with E-state index in [4.69, 9.17) is 9.47 Å². The van der Waals surface area contributed by atoms with E-state index in [9.17, 15) is 0 Å². The third-order valence-corrected chi connectivity index (χ3v) is 3.45. The Kier molecular flexibility index (Phi) is 7.44. The molecule has 0 bridgehead atoms. The Morgan fingerprint density at radius 1 is 1.24 bits per heavy atom. The minimum absolute atomic E-state index is 0.0685. The second-order valence-electron chi connectivity index (χ2n) is 3.89. The third kappa shape index (κ3) is 5.64. The predicted octanol–water partition coefficient (Wildman–Crippen LogP) is 2.94. The summed E-state index contributed by atoms with van der Waals surface area (Å²) in [6.45, 7) is 9.39. The highest BCUT2D eigenvalue weighted by molar-refractivity contribution is 7.08. The van der Waals surface area contributed by atoms with Crippen LogP contribution in [0.4, 0.5) is 0 Å². The van der Waals surface area contributed by atoms with Crippen molar-refractivity contribution in [2.45, 2.75) is 40.0 Å². The maximum absolute atomic E-state index is 5.48. The highest BCUT2D eigenvalue weighted by Gasteiger charge is 2.07. The van der Waals surface area contributed by atoms with Gasteiger partial charge in [-0.2, -0.15) is 11.3 Å². The summed E-state index contributed by atoms with van der Waals surface area (Å²) in [4.78, 5) is 0. The first-order valence-electron chi connectivity index (χ1n) is 6.23. The quantitative estimate of drug-likeness (QED) is 0.545. The zero-order valence-corrected chi connectivity index (χ0v) is 11.8. The van der Waals surface area contributed by atoms with Gasteiger partial charge in [-0.05, 0) is 42.7 Å². The largest absolute Gasteiger partial charge is 0.353 e. The molecule has 1 heterocycles. The lowest BCUT2D eigenvalue weighted by Gasteiger charge is -2.16. The molecule has 0 saturated carbocycles. The summed E-state index contributed by atoms with van der Waals surface area (Å²) in [5.41, 5.74) is 2.76. The van der Waals surface area contributed by atoms with E-state index in [1.165, 1.54) is 11.1 Å². The Balaban J connectivity index is 2.15. The lowest BCUT2D eigenvalue weighted by atomic mass is 10.2. The first kappa shape index (κ1) is 14.6. The summed E-state index contributed by atoms with van der Waals surface area (Å²) < 4.78 is 11.0. The van der Waals surface area contributed by atoms with Crippen LogP contribution in [0.15, 0.2) is 10.8 Å². The summed E-state index contributed by atoms with van der Waals surface area (Å²) in [7, 11) is 0. The van der Waals surface area contributed by atoms with Crippen molar-refractivity contribution < 1.29 is 9.47 Å². The molecule has 0 aliphatic rings. The van der Waals surface area contributed by atoms with Crippen molar-refractivity contribution in [2.75, 3.05) is 19.8 Å². The number of thiophene rings is 1. The molecule has 0 amide bonds. The second-order valence-corrected chi connectivity index (χ2v) is 4.63. The number of nitrogens with one attached hydrogen (secondary N) is 1. The molecule has 1 rings (SSSR count). The monoisotopic (exact) mass is 257 g/mol. The van der Waals surface area contributed by atoms with Crippen LogP contribution in [-0.4, -0.2) is 26.0 Å². The Morgan fingerprint density at radius 3 is 2.47 bits per heavy atom. The van der Waals surface area contributed by atoms with Crippen LogP contribution in [0.25, 0.3) is 0 Å². The van der Waals surface area contributed by atoms with Gasteiger partial charge in [0.05, 0.1) is 0 Å². The van der Waals surface area contributed by atoms with Gasteiger partial charge >= 0.3 is 0 Å². The number of hydrogen-bond acceptors (Lipinski definition) is 4. The molecule has 0 saturated heterocycles. The molecule has 0 fully saturated rings. The van der Waals surface area contributed by atoms with Crippen molar-refractivity contribution in [1.82, 2.24) is 5.32 Å². The SMILES string of the molecule is CCOC(CCNCc1cscc1C)OCC. The molecule has 1 N–H and O–H groups in total. The summed E-state index contributed by atoms with van der Waals surface area (Å²) in [5.74, 6) is 0. The van der Waals surface area contributed by atoms with E-state index in [2.05, 4.69) is 23.0 Å². The summed E-state index contributed by atoms with van der Waals surface area (Å²) >= 11 is 1.76. The molecule has 0 atom stereocenters. The fraction of sp³-hybridized carbons (Fsp3) is 0.692. The number of rotatable bonds is 9.